The molecule has 1 aliphatic rings. The van der Waals surface area contributed by atoms with Crippen LogP contribution in [0, 0.1) is 0 Å². The molecular weight excluding hydrogens is 362 g/mol. The summed E-state index contributed by atoms with van der Waals surface area (Å²) in [4.78, 5) is 18.8. The fourth-order valence-corrected chi connectivity index (χ4v) is 3.77. The predicted octanol–water partition coefficient (Wildman–Crippen LogP) is 4.43. The second-order valence-corrected chi connectivity index (χ2v) is 6.98. The van der Waals surface area contributed by atoms with Crippen LogP contribution in [0.2, 0.25) is 0 Å². The lowest BCUT2D eigenvalue weighted by Crippen LogP contribution is -2.45. The molecule has 0 bridgehead atoms. The number of hydrogen-bond acceptors (Lipinski definition) is 3. The smallest absolute Gasteiger partial charge is 0.287 e. The number of benzene rings is 3. The number of anilines is 2. The Morgan fingerprint density at radius 3 is 2.41 bits per heavy atom. The highest BCUT2D eigenvalue weighted by molar-refractivity contribution is 6.12. The quantitative estimate of drug-likeness (QED) is 0.570. The first-order chi connectivity index (χ1) is 14.2. The van der Waals surface area contributed by atoms with E-state index in [4.69, 9.17) is 4.74 Å². The molecule has 0 saturated heterocycles. The Kier molecular flexibility index (Phi) is 4.13. The summed E-state index contributed by atoms with van der Waals surface area (Å²) in [5, 5.41) is 4.53. The van der Waals surface area contributed by atoms with Crippen LogP contribution in [-0.2, 0) is 0 Å². The van der Waals surface area contributed by atoms with E-state index in [1.807, 2.05) is 84.9 Å². The van der Waals surface area contributed by atoms with Crippen LogP contribution in [0.25, 0.3) is 10.9 Å². The van der Waals surface area contributed by atoms with Gasteiger partial charge in [-0.25, -0.2) is 10.3 Å². The van der Waals surface area contributed by atoms with Crippen LogP contribution < -0.4 is 19.9 Å². The second kappa shape index (κ2) is 6.95. The SMILES string of the molecule is COc1ccc([C@H]2Nc3[nH+]c4ccccc4cc3C(=O)N2c2ccccc2)cc1. The van der Waals surface area contributed by atoms with Crippen molar-refractivity contribution in [3.8, 4) is 5.75 Å². The molecule has 2 N–H and O–H groups in total. The summed E-state index contributed by atoms with van der Waals surface area (Å²) in [6.45, 7) is 0. The van der Waals surface area contributed by atoms with Gasteiger partial charge >= 0.3 is 0 Å². The van der Waals surface area contributed by atoms with E-state index in [0.717, 1.165) is 33.7 Å². The Bertz CT molecular complexity index is 1190. The summed E-state index contributed by atoms with van der Waals surface area (Å²) in [6.07, 6.45) is -0.347. The van der Waals surface area contributed by atoms with Crippen LogP contribution in [-0.4, -0.2) is 13.0 Å². The van der Waals surface area contributed by atoms with Gasteiger partial charge in [-0.1, -0.05) is 36.4 Å². The molecule has 5 heteroatoms. The predicted molar refractivity (Wildman–Crippen MR) is 113 cm³/mol. The summed E-state index contributed by atoms with van der Waals surface area (Å²) in [7, 11) is 1.64. The fourth-order valence-electron chi connectivity index (χ4n) is 3.77. The third-order valence-corrected chi connectivity index (χ3v) is 5.24. The normalized spacial score (nSPS) is 15.7. The Morgan fingerprint density at radius 2 is 1.66 bits per heavy atom. The van der Waals surface area contributed by atoms with Gasteiger partial charge in [0, 0.05) is 16.6 Å². The Balaban J connectivity index is 1.67. The highest BCUT2D eigenvalue weighted by Crippen LogP contribution is 2.36. The largest absolute Gasteiger partial charge is 0.497 e. The number of aromatic amines is 1. The van der Waals surface area contributed by atoms with Crippen molar-refractivity contribution in [1.82, 2.24) is 0 Å². The zero-order chi connectivity index (χ0) is 19.8. The molecule has 29 heavy (non-hydrogen) atoms. The van der Waals surface area contributed by atoms with Gasteiger partial charge in [-0.15, -0.1) is 0 Å². The maximum absolute atomic E-state index is 13.6. The summed E-state index contributed by atoms with van der Waals surface area (Å²) in [5.74, 6) is 1.45. The lowest BCUT2D eigenvalue weighted by Gasteiger charge is -2.33. The van der Waals surface area contributed by atoms with Gasteiger partial charge < -0.3 is 4.74 Å². The van der Waals surface area contributed by atoms with E-state index in [1.54, 1.807) is 12.0 Å². The molecule has 5 rings (SSSR count). The molecule has 2 heterocycles. The highest BCUT2D eigenvalue weighted by Gasteiger charge is 2.39. The van der Waals surface area contributed by atoms with E-state index in [0.29, 0.717) is 5.56 Å². The Hall–Kier alpha value is -3.86. The summed E-state index contributed by atoms with van der Waals surface area (Å²) in [5.41, 5.74) is 3.41. The van der Waals surface area contributed by atoms with Crippen molar-refractivity contribution >= 4 is 28.3 Å². The number of carbonyl (C=O) groups is 1. The van der Waals surface area contributed by atoms with Gasteiger partial charge in [-0.05, 0) is 48.5 Å². The standard InChI is InChI=1S/C24H19N3O2/c1-29-19-13-11-16(12-14-19)23-26-22-20(15-17-7-5-6-10-21(17)25-22)24(28)27(23)18-8-3-2-4-9-18/h2-15,23H,1H3,(H,25,26)/p+1/t23-/m0/s1. The minimum absolute atomic E-state index is 0.0484. The van der Waals surface area contributed by atoms with Crippen LogP contribution in [0.15, 0.2) is 84.9 Å². The molecule has 0 saturated carbocycles. The Morgan fingerprint density at radius 1 is 0.931 bits per heavy atom. The molecule has 1 aliphatic heterocycles. The Labute approximate surface area is 168 Å². The van der Waals surface area contributed by atoms with Crippen molar-refractivity contribution < 1.29 is 14.5 Å². The first-order valence-electron chi connectivity index (χ1n) is 9.49. The number of nitrogens with one attached hydrogen (secondary N) is 2. The van der Waals surface area contributed by atoms with Crippen molar-refractivity contribution in [3.63, 3.8) is 0 Å². The van der Waals surface area contributed by atoms with Gasteiger partial charge in [0.25, 0.3) is 11.7 Å². The first-order valence-corrected chi connectivity index (χ1v) is 9.49. The molecule has 1 atom stereocenters. The number of carbonyl (C=O) groups excluding carboxylic acids is 1. The average Bonchev–Trinajstić information content (AvgIpc) is 2.78. The van der Waals surface area contributed by atoms with Gasteiger partial charge in [0.1, 0.15) is 16.8 Å². The van der Waals surface area contributed by atoms with Crippen molar-refractivity contribution in [2.24, 2.45) is 0 Å². The molecule has 4 aromatic rings. The van der Waals surface area contributed by atoms with Crippen LogP contribution in [0.1, 0.15) is 22.1 Å². The van der Waals surface area contributed by atoms with E-state index in [9.17, 15) is 4.79 Å². The number of nitrogens with zero attached hydrogens (tertiary/aromatic N) is 1. The topological polar surface area (TPSA) is 55.7 Å². The maximum atomic E-state index is 13.6. The number of fused-ring (bicyclic) bond motifs is 2. The van der Waals surface area contributed by atoms with Gasteiger partial charge in [-0.3, -0.25) is 9.69 Å². The van der Waals surface area contributed by atoms with Gasteiger partial charge in [0.05, 0.1) is 7.11 Å². The lowest BCUT2D eigenvalue weighted by atomic mass is 10.0. The molecule has 5 nitrogen and oxygen atoms in total. The first kappa shape index (κ1) is 17.3. The van der Waals surface area contributed by atoms with Crippen molar-refractivity contribution in [2.75, 3.05) is 17.3 Å². The van der Waals surface area contributed by atoms with Crippen LogP contribution >= 0.6 is 0 Å². The summed E-state index contributed by atoms with van der Waals surface area (Å²) >= 11 is 0. The monoisotopic (exact) mass is 382 g/mol. The second-order valence-electron chi connectivity index (χ2n) is 6.98. The summed E-state index contributed by atoms with van der Waals surface area (Å²) in [6, 6.07) is 27.4. The molecule has 0 fully saturated rings. The maximum Gasteiger partial charge on any atom is 0.287 e. The third-order valence-electron chi connectivity index (χ3n) is 5.24. The zero-order valence-corrected chi connectivity index (χ0v) is 15.9. The number of ether oxygens (including phenoxy) is 1. The van der Waals surface area contributed by atoms with Crippen LogP contribution in [0.3, 0.4) is 0 Å². The molecular formula is C24H20N3O2+. The molecule has 0 unspecified atom stereocenters. The van der Waals surface area contributed by atoms with Gasteiger partial charge in [-0.2, -0.15) is 0 Å². The van der Waals surface area contributed by atoms with Crippen LogP contribution in [0.4, 0.5) is 11.5 Å². The van der Waals surface area contributed by atoms with Crippen molar-refractivity contribution in [1.29, 1.82) is 0 Å². The number of rotatable bonds is 3. The van der Waals surface area contributed by atoms with E-state index in [2.05, 4.69) is 10.3 Å². The molecule has 1 aromatic heterocycles. The number of amides is 1. The average molecular weight is 382 g/mol. The van der Waals surface area contributed by atoms with Crippen molar-refractivity contribution in [3.05, 3.63) is 96.1 Å². The van der Waals surface area contributed by atoms with Crippen molar-refractivity contribution in [2.45, 2.75) is 6.17 Å². The van der Waals surface area contributed by atoms with Crippen LogP contribution in [0.5, 0.6) is 5.75 Å². The summed E-state index contributed by atoms with van der Waals surface area (Å²) < 4.78 is 5.29. The highest BCUT2D eigenvalue weighted by atomic mass is 16.5. The molecule has 0 radical (unpaired) electrons. The lowest BCUT2D eigenvalue weighted by molar-refractivity contribution is -0.328. The van der Waals surface area contributed by atoms with E-state index >= 15 is 0 Å². The molecule has 0 aliphatic carbocycles. The van der Waals surface area contributed by atoms with Gasteiger partial charge in [0.2, 0.25) is 6.17 Å². The van der Waals surface area contributed by atoms with E-state index in [1.165, 1.54) is 0 Å². The number of methoxy groups -OCH3 is 1. The minimum Gasteiger partial charge on any atom is -0.497 e. The number of aromatic nitrogens is 1. The van der Waals surface area contributed by atoms with E-state index < -0.39 is 0 Å². The minimum atomic E-state index is -0.347. The zero-order valence-electron chi connectivity index (χ0n) is 15.9. The third kappa shape index (κ3) is 2.97. The number of pyridine rings is 1. The molecule has 142 valence electrons. The fraction of sp³-hybridized carbons (Fsp3) is 0.0833. The number of para-hydroxylation sites is 2. The molecule has 3 aromatic carbocycles. The van der Waals surface area contributed by atoms with E-state index in [-0.39, 0.29) is 12.1 Å². The number of hydrogen-bond donors (Lipinski definition) is 1. The molecule has 0 spiro atoms. The van der Waals surface area contributed by atoms with Gasteiger partial charge in [0.15, 0.2) is 0 Å². The number of H-pyrrole nitrogens is 1. The molecule has 1 amide bonds.